The highest BCUT2D eigenvalue weighted by molar-refractivity contribution is 4.81. The van der Waals surface area contributed by atoms with Crippen LogP contribution in [0.3, 0.4) is 0 Å². The molecule has 0 spiro atoms. The molecule has 13 heavy (non-hydrogen) atoms. The fourth-order valence-corrected chi connectivity index (χ4v) is 2.01. The zero-order chi connectivity index (χ0) is 10.2. The molecule has 0 aliphatic rings. The number of unbranched alkanes of at least 4 members (excludes halogenated alkanes) is 2. The molecule has 0 unspecified atom stereocenters. The quantitative estimate of drug-likeness (QED) is 0.497. The van der Waals surface area contributed by atoms with E-state index in [1.807, 2.05) is 0 Å². The summed E-state index contributed by atoms with van der Waals surface area (Å²) in [5.74, 6) is 0. The van der Waals surface area contributed by atoms with Gasteiger partial charge in [-0.2, -0.15) is 0 Å². The van der Waals surface area contributed by atoms with Gasteiger partial charge in [0.1, 0.15) is 0 Å². The van der Waals surface area contributed by atoms with Crippen LogP contribution in [0.1, 0.15) is 72.1 Å². The van der Waals surface area contributed by atoms with E-state index >= 15 is 0 Å². The molecule has 1 radical (unpaired) electrons. The van der Waals surface area contributed by atoms with Gasteiger partial charge in [-0.05, 0) is 31.6 Å². The lowest BCUT2D eigenvalue weighted by Crippen LogP contribution is -2.16. The van der Waals surface area contributed by atoms with Gasteiger partial charge in [0, 0.05) is 0 Å². The van der Waals surface area contributed by atoms with Crippen LogP contribution >= 0.6 is 0 Å². The molecule has 0 nitrogen and oxygen atoms in total. The van der Waals surface area contributed by atoms with Gasteiger partial charge >= 0.3 is 0 Å². The van der Waals surface area contributed by atoms with E-state index in [1.54, 1.807) is 0 Å². The topological polar surface area (TPSA) is 0 Å². The largest absolute Gasteiger partial charge is 0.0654 e. The summed E-state index contributed by atoms with van der Waals surface area (Å²) >= 11 is 0. The summed E-state index contributed by atoms with van der Waals surface area (Å²) in [4.78, 5) is 0. The summed E-state index contributed by atoms with van der Waals surface area (Å²) in [5, 5.41) is 0. The van der Waals surface area contributed by atoms with E-state index in [-0.39, 0.29) is 0 Å². The summed E-state index contributed by atoms with van der Waals surface area (Å²) in [7, 11) is 0. The van der Waals surface area contributed by atoms with E-state index in [0.29, 0.717) is 5.41 Å². The summed E-state index contributed by atoms with van der Waals surface area (Å²) < 4.78 is 0. The smallest absolute Gasteiger partial charge is 0.0297 e. The summed E-state index contributed by atoms with van der Waals surface area (Å²) in [6, 6.07) is 0. The van der Waals surface area contributed by atoms with Crippen LogP contribution in [0.4, 0.5) is 0 Å². The first-order valence-corrected chi connectivity index (χ1v) is 6.04. The zero-order valence-electron chi connectivity index (χ0n) is 9.86. The standard InChI is InChI=1S/C13H27/c1-5-8-11-13(4,10-7-3)12-9-6-2/h4-12H2,1-3H3. The van der Waals surface area contributed by atoms with Crippen LogP contribution in [0.5, 0.6) is 0 Å². The minimum absolute atomic E-state index is 0.404. The van der Waals surface area contributed by atoms with Gasteiger partial charge in [0.25, 0.3) is 0 Å². The van der Waals surface area contributed by atoms with Crippen molar-refractivity contribution in [2.24, 2.45) is 5.41 Å². The monoisotopic (exact) mass is 183 g/mol. The van der Waals surface area contributed by atoms with Crippen molar-refractivity contribution in [3.63, 3.8) is 0 Å². The average Bonchev–Trinajstić information content (AvgIpc) is 2.12. The molecule has 0 aliphatic carbocycles. The fraction of sp³-hybridized carbons (Fsp3) is 0.923. The molecule has 0 N–H and O–H groups in total. The molecule has 0 fully saturated rings. The summed E-state index contributed by atoms with van der Waals surface area (Å²) in [6.45, 7) is 11.2. The van der Waals surface area contributed by atoms with Crippen LogP contribution in [0, 0.1) is 12.3 Å². The maximum atomic E-state index is 4.43. The first kappa shape index (κ1) is 13.0. The molecule has 0 heteroatoms. The highest BCUT2D eigenvalue weighted by atomic mass is 14.3. The van der Waals surface area contributed by atoms with E-state index in [2.05, 4.69) is 27.7 Å². The van der Waals surface area contributed by atoms with E-state index in [4.69, 9.17) is 0 Å². The van der Waals surface area contributed by atoms with Crippen molar-refractivity contribution in [2.75, 3.05) is 0 Å². The van der Waals surface area contributed by atoms with Gasteiger partial charge in [-0.25, -0.2) is 0 Å². The van der Waals surface area contributed by atoms with E-state index in [9.17, 15) is 0 Å². The van der Waals surface area contributed by atoms with E-state index in [1.165, 1.54) is 51.4 Å². The van der Waals surface area contributed by atoms with Gasteiger partial charge < -0.3 is 0 Å². The summed E-state index contributed by atoms with van der Waals surface area (Å²) in [6.07, 6.45) is 10.6. The second kappa shape index (κ2) is 7.41. The minimum atomic E-state index is 0.404. The molecule has 0 saturated heterocycles. The minimum Gasteiger partial charge on any atom is -0.0654 e. The van der Waals surface area contributed by atoms with Crippen LogP contribution < -0.4 is 0 Å². The molecule has 0 bridgehead atoms. The third kappa shape index (κ3) is 6.12. The van der Waals surface area contributed by atoms with Crippen LogP contribution in [0.15, 0.2) is 0 Å². The van der Waals surface area contributed by atoms with Crippen molar-refractivity contribution in [1.82, 2.24) is 0 Å². The van der Waals surface area contributed by atoms with Gasteiger partial charge in [0.15, 0.2) is 0 Å². The van der Waals surface area contributed by atoms with Crippen molar-refractivity contribution in [2.45, 2.75) is 72.1 Å². The Morgan fingerprint density at radius 2 is 1.23 bits per heavy atom. The number of rotatable bonds is 8. The molecule has 0 aromatic heterocycles. The van der Waals surface area contributed by atoms with E-state index in [0.717, 1.165) is 0 Å². The third-order valence-corrected chi connectivity index (χ3v) is 2.90. The Morgan fingerprint density at radius 3 is 1.54 bits per heavy atom. The molecule has 0 amide bonds. The molecule has 0 saturated carbocycles. The van der Waals surface area contributed by atoms with Gasteiger partial charge in [-0.3, -0.25) is 0 Å². The Balaban J connectivity index is 3.84. The molecule has 79 valence electrons. The normalized spacial score (nSPS) is 12.0. The van der Waals surface area contributed by atoms with Crippen LogP contribution in [-0.4, -0.2) is 0 Å². The SMILES string of the molecule is [CH2]C(CCC)(CCCC)CCCC. The van der Waals surface area contributed by atoms with Crippen molar-refractivity contribution in [1.29, 1.82) is 0 Å². The lowest BCUT2D eigenvalue weighted by atomic mass is 9.77. The lowest BCUT2D eigenvalue weighted by molar-refractivity contribution is 0.273. The molecule has 0 aliphatic heterocycles. The second-order valence-electron chi connectivity index (χ2n) is 4.46. The first-order valence-electron chi connectivity index (χ1n) is 6.04. The highest BCUT2D eigenvalue weighted by Crippen LogP contribution is 2.34. The maximum Gasteiger partial charge on any atom is -0.0297 e. The molecule has 0 aromatic carbocycles. The zero-order valence-corrected chi connectivity index (χ0v) is 9.86. The predicted octanol–water partition coefficient (Wildman–Crippen LogP) is 4.99. The van der Waals surface area contributed by atoms with E-state index < -0.39 is 0 Å². The second-order valence-corrected chi connectivity index (χ2v) is 4.46. The van der Waals surface area contributed by atoms with Crippen molar-refractivity contribution in [3.8, 4) is 0 Å². The Labute approximate surface area is 85.1 Å². The molecule has 0 aromatic rings. The van der Waals surface area contributed by atoms with Gasteiger partial charge in [0.2, 0.25) is 0 Å². The van der Waals surface area contributed by atoms with Gasteiger partial charge in [-0.1, -0.05) is 52.9 Å². The number of hydrogen-bond acceptors (Lipinski definition) is 0. The van der Waals surface area contributed by atoms with Crippen LogP contribution in [0.2, 0.25) is 0 Å². The Kier molecular flexibility index (Phi) is 7.41. The van der Waals surface area contributed by atoms with Gasteiger partial charge in [-0.15, -0.1) is 0 Å². The average molecular weight is 183 g/mol. The molecule has 0 atom stereocenters. The van der Waals surface area contributed by atoms with Gasteiger partial charge in [0.05, 0.1) is 0 Å². The third-order valence-electron chi connectivity index (χ3n) is 2.90. The fourth-order valence-electron chi connectivity index (χ4n) is 2.01. The Hall–Kier alpha value is 0. The predicted molar refractivity (Wildman–Crippen MR) is 61.7 cm³/mol. The molecule has 0 rings (SSSR count). The lowest BCUT2D eigenvalue weighted by Gasteiger charge is -2.29. The highest BCUT2D eigenvalue weighted by Gasteiger charge is 2.21. The molecule has 0 heterocycles. The summed E-state index contributed by atoms with van der Waals surface area (Å²) in [5.41, 5.74) is 0.404. The van der Waals surface area contributed by atoms with Crippen molar-refractivity contribution >= 4 is 0 Å². The Morgan fingerprint density at radius 1 is 0.769 bits per heavy atom. The van der Waals surface area contributed by atoms with Crippen LogP contribution in [0.25, 0.3) is 0 Å². The number of hydrogen-bond donors (Lipinski definition) is 0. The Bertz CT molecular complexity index is 96.6. The van der Waals surface area contributed by atoms with Crippen LogP contribution in [-0.2, 0) is 0 Å². The molecular formula is C13H27. The van der Waals surface area contributed by atoms with Crippen molar-refractivity contribution < 1.29 is 0 Å². The van der Waals surface area contributed by atoms with Crippen molar-refractivity contribution in [3.05, 3.63) is 6.92 Å². The maximum absolute atomic E-state index is 4.43. The molecular weight excluding hydrogens is 156 g/mol. The first-order chi connectivity index (χ1) is 6.18.